The molecule has 50 valence electrons. The molecular formula is C4H6N2OS2. The van der Waals surface area contributed by atoms with E-state index in [0.29, 0.717) is 12.0 Å². The number of hydrogen-bond donors (Lipinski definition) is 2. The lowest BCUT2D eigenvalue weighted by Crippen LogP contribution is -2.03. The summed E-state index contributed by atoms with van der Waals surface area (Å²) >= 11 is 2.05. The number of aromatic nitrogens is 1. The summed E-state index contributed by atoms with van der Waals surface area (Å²) in [7, 11) is 0. The Labute approximate surface area is 61.1 Å². The number of thiazole rings is 1. The fourth-order valence-electron chi connectivity index (χ4n) is 0.420. The van der Waals surface area contributed by atoms with Crippen molar-refractivity contribution >= 4 is 23.4 Å². The van der Waals surface area contributed by atoms with Gasteiger partial charge in [-0.25, -0.2) is 4.98 Å². The summed E-state index contributed by atoms with van der Waals surface area (Å²) in [4.78, 5) is 3.90. The third kappa shape index (κ3) is 1.65. The Morgan fingerprint density at radius 1 is 1.89 bits per heavy atom. The summed E-state index contributed by atoms with van der Waals surface area (Å²) < 4.78 is 8.46. The van der Waals surface area contributed by atoms with Gasteiger partial charge in [0.2, 0.25) is 0 Å². The van der Waals surface area contributed by atoms with Crippen LogP contribution in [0, 0.1) is 0 Å². The van der Waals surface area contributed by atoms with Gasteiger partial charge in [-0.15, -0.1) is 11.3 Å². The lowest BCUT2D eigenvalue weighted by atomic mass is 10.7. The first-order chi connectivity index (χ1) is 4.34. The highest BCUT2D eigenvalue weighted by Gasteiger charge is 2.05. The van der Waals surface area contributed by atoms with E-state index in [-0.39, 0.29) is 5.37 Å². The Balaban J connectivity index is 2.65. The second-order valence-electron chi connectivity index (χ2n) is 1.40. The molecular weight excluding hydrogens is 156 g/mol. The zero-order valence-electron chi connectivity index (χ0n) is 4.52. The molecule has 1 atom stereocenters. The van der Waals surface area contributed by atoms with Gasteiger partial charge in [0.25, 0.3) is 0 Å². The Hall–Kier alpha value is -0.100. The molecule has 0 aliphatic carbocycles. The quantitative estimate of drug-likeness (QED) is 0.508. The van der Waals surface area contributed by atoms with Crippen molar-refractivity contribution in [1.82, 2.24) is 4.98 Å². The van der Waals surface area contributed by atoms with Crippen LogP contribution in [0.5, 0.6) is 0 Å². The SMILES string of the molecule is NC(SO)c1nccs1. The van der Waals surface area contributed by atoms with E-state index < -0.39 is 0 Å². The predicted molar refractivity (Wildman–Crippen MR) is 39.3 cm³/mol. The van der Waals surface area contributed by atoms with Crippen LogP contribution in [-0.4, -0.2) is 9.54 Å². The second kappa shape index (κ2) is 3.17. The van der Waals surface area contributed by atoms with Crippen molar-refractivity contribution in [3.8, 4) is 0 Å². The average molecular weight is 162 g/mol. The smallest absolute Gasteiger partial charge is 0.130 e. The van der Waals surface area contributed by atoms with Crippen molar-refractivity contribution in [3.05, 3.63) is 16.6 Å². The van der Waals surface area contributed by atoms with Crippen LogP contribution in [0.4, 0.5) is 0 Å². The van der Waals surface area contributed by atoms with Gasteiger partial charge in [0.1, 0.15) is 10.4 Å². The highest BCUT2D eigenvalue weighted by atomic mass is 32.2. The molecule has 0 radical (unpaired) electrons. The van der Waals surface area contributed by atoms with E-state index in [2.05, 4.69) is 4.98 Å². The number of hydrogen-bond acceptors (Lipinski definition) is 5. The maximum absolute atomic E-state index is 8.46. The molecule has 1 heterocycles. The van der Waals surface area contributed by atoms with Crippen LogP contribution in [0.25, 0.3) is 0 Å². The van der Waals surface area contributed by atoms with Crippen molar-refractivity contribution in [1.29, 1.82) is 0 Å². The zero-order chi connectivity index (χ0) is 6.69. The Morgan fingerprint density at radius 3 is 3.11 bits per heavy atom. The van der Waals surface area contributed by atoms with Crippen molar-refractivity contribution in [2.75, 3.05) is 0 Å². The summed E-state index contributed by atoms with van der Waals surface area (Å²) in [6.45, 7) is 0. The van der Waals surface area contributed by atoms with Crippen molar-refractivity contribution < 1.29 is 4.55 Å². The first-order valence-corrected chi connectivity index (χ1v) is 4.01. The Morgan fingerprint density at radius 2 is 2.67 bits per heavy atom. The normalized spacial score (nSPS) is 13.6. The van der Waals surface area contributed by atoms with Crippen LogP contribution in [0.15, 0.2) is 11.6 Å². The maximum Gasteiger partial charge on any atom is 0.130 e. The minimum atomic E-state index is -0.384. The molecule has 9 heavy (non-hydrogen) atoms. The van der Waals surface area contributed by atoms with Gasteiger partial charge in [0.15, 0.2) is 0 Å². The van der Waals surface area contributed by atoms with E-state index in [0.717, 1.165) is 5.01 Å². The van der Waals surface area contributed by atoms with Gasteiger partial charge in [0.05, 0.1) is 0 Å². The average Bonchev–Trinajstić information content (AvgIpc) is 2.37. The standard InChI is InChI=1S/C4H6N2OS2/c5-3(9-7)4-6-1-2-8-4/h1-3,7H,5H2. The Bertz CT molecular complexity index is 165. The topological polar surface area (TPSA) is 59.1 Å². The lowest BCUT2D eigenvalue weighted by Gasteiger charge is -1.98. The van der Waals surface area contributed by atoms with Gasteiger partial charge in [0, 0.05) is 23.6 Å². The highest BCUT2D eigenvalue weighted by Crippen LogP contribution is 2.21. The van der Waals surface area contributed by atoms with Gasteiger partial charge in [-0.3, -0.25) is 0 Å². The summed E-state index contributed by atoms with van der Waals surface area (Å²) in [5.41, 5.74) is 5.40. The van der Waals surface area contributed by atoms with Gasteiger partial charge >= 0.3 is 0 Å². The molecule has 0 spiro atoms. The van der Waals surface area contributed by atoms with E-state index in [1.165, 1.54) is 11.3 Å². The third-order valence-corrected chi connectivity index (χ3v) is 2.27. The van der Waals surface area contributed by atoms with Crippen molar-refractivity contribution in [2.45, 2.75) is 5.37 Å². The predicted octanol–water partition coefficient (Wildman–Crippen LogP) is 1.31. The van der Waals surface area contributed by atoms with Crippen LogP contribution in [-0.2, 0) is 0 Å². The molecule has 1 unspecified atom stereocenters. The van der Waals surface area contributed by atoms with Gasteiger partial charge in [-0.05, 0) is 0 Å². The van der Waals surface area contributed by atoms with E-state index in [1.807, 2.05) is 5.38 Å². The van der Waals surface area contributed by atoms with E-state index in [9.17, 15) is 0 Å². The largest absolute Gasteiger partial charge is 0.328 e. The first kappa shape index (κ1) is 7.01. The molecule has 0 aromatic carbocycles. The summed E-state index contributed by atoms with van der Waals surface area (Å²) in [6.07, 6.45) is 1.66. The molecule has 3 N–H and O–H groups in total. The molecule has 3 nitrogen and oxygen atoms in total. The molecule has 0 bridgehead atoms. The van der Waals surface area contributed by atoms with Gasteiger partial charge in [-0.2, -0.15) is 0 Å². The molecule has 0 aliphatic heterocycles. The fourth-order valence-corrected chi connectivity index (χ4v) is 1.38. The second-order valence-corrected chi connectivity index (χ2v) is 3.04. The molecule has 1 rings (SSSR count). The number of nitrogens with zero attached hydrogens (tertiary/aromatic N) is 1. The molecule has 0 saturated carbocycles. The lowest BCUT2D eigenvalue weighted by molar-refractivity contribution is 0.651. The molecule has 0 aliphatic rings. The van der Waals surface area contributed by atoms with Crippen LogP contribution in [0.2, 0.25) is 0 Å². The Kier molecular flexibility index (Phi) is 2.47. The summed E-state index contributed by atoms with van der Waals surface area (Å²) in [5, 5.41) is 2.19. The summed E-state index contributed by atoms with van der Waals surface area (Å²) in [6, 6.07) is 0. The monoisotopic (exact) mass is 162 g/mol. The fraction of sp³-hybridized carbons (Fsp3) is 0.250. The molecule has 0 fully saturated rings. The molecule has 1 aromatic heterocycles. The maximum atomic E-state index is 8.46. The van der Waals surface area contributed by atoms with Crippen LogP contribution in [0.3, 0.4) is 0 Å². The minimum absolute atomic E-state index is 0.384. The molecule has 0 saturated heterocycles. The number of rotatable bonds is 2. The van der Waals surface area contributed by atoms with Crippen LogP contribution in [0.1, 0.15) is 10.4 Å². The molecule has 1 aromatic rings. The van der Waals surface area contributed by atoms with E-state index >= 15 is 0 Å². The minimum Gasteiger partial charge on any atom is -0.328 e. The van der Waals surface area contributed by atoms with E-state index in [4.69, 9.17) is 10.3 Å². The van der Waals surface area contributed by atoms with Crippen LogP contribution >= 0.6 is 23.4 Å². The van der Waals surface area contributed by atoms with Gasteiger partial charge in [-0.1, -0.05) is 0 Å². The van der Waals surface area contributed by atoms with E-state index in [1.54, 1.807) is 6.20 Å². The highest BCUT2D eigenvalue weighted by molar-refractivity contribution is 7.94. The number of nitrogens with two attached hydrogens (primary N) is 1. The van der Waals surface area contributed by atoms with Crippen molar-refractivity contribution in [3.63, 3.8) is 0 Å². The zero-order valence-corrected chi connectivity index (χ0v) is 6.15. The van der Waals surface area contributed by atoms with Crippen LogP contribution < -0.4 is 5.73 Å². The molecule has 0 amide bonds. The van der Waals surface area contributed by atoms with Gasteiger partial charge < -0.3 is 10.3 Å². The summed E-state index contributed by atoms with van der Waals surface area (Å²) in [5.74, 6) is 0. The first-order valence-electron chi connectivity index (χ1n) is 2.30. The third-order valence-electron chi connectivity index (χ3n) is 0.808. The van der Waals surface area contributed by atoms with Crippen molar-refractivity contribution in [2.24, 2.45) is 5.73 Å². The molecule has 5 heteroatoms.